The average Bonchev–Trinajstić information content (AvgIpc) is 2.50. The van der Waals surface area contributed by atoms with Crippen LogP contribution in [0, 0.1) is 0 Å². The highest BCUT2D eigenvalue weighted by molar-refractivity contribution is 6.56. The second-order valence-corrected chi connectivity index (χ2v) is 5.64. The van der Waals surface area contributed by atoms with Crippen LogP contribution in [0.3, 0.4) is 0 Å². The van der Waals surface area contributed by atoms with Gasteiger partial charge in [-0.1, -0.05) is 83.0 Å². The molecule has 21 heavy (non-hydrogen) atoms. The second-order valence-electron chi connectivity index (χ2n) is 4.69. The zero-order valence-corrected chi connectivity index (χ0v) is 13.1. The lowest BCUT2D eigenvalue weighted by atomic mass is 9.94. The summed E-state index contributed by atoms with van der Waals surface area (Å²) in [5, 5.41) is 12.9. The third-order valence-electron chi connectivity index (χ3n) is 3.20. The first-order valence-corrected chi connectivity index (χ1v) is 7.25. The van der Waals surface area contributed by atoms with E-state index < -0.39 is 0 Å². The standard InChI is InChI=1S/C17H15Cl2NO/c1-12(17(18)19)11-14-9-5-6-10-15(14)16(20-21)13-7-3-2-4-8-13/h2-10,21H,11H2,1H3/b20-16-. The van der Waals surface area contributed by atoms with E-state index in [9.17, 15) is 5.21 Å². The summed E-state index contributed by atoms with van der Waals surface area (Å²) in [5.74, 6) is 0. The van der Waals surface area contributed by atoms with Crippen LogP contribution in [0.1, 0.15) is 23.6 Å². The van der Waals surface area contributed by atoms with Crippen molar-refractivity contribution >= 4 is 28.9 Å². The molecular formula is C17H15Cl2NO. The first-order chi connectivity index (χ1) is 10.1. The molecule has 0 bridgehead atoms. The Kier molecular flexibility index (Phi) is 5.43. The Morgan fingerprint density at radius 2 is 1.62 bits per heavy atom. The van der Waals surface area contributed by atoms with Crippen molar-refractivity contribution in [1.29, 1.82) is 0 Å². The van der Waals surface area contributed by atoms with Gasteiger partial charge in [0, 0.05) is 11.1 Å². The summed E-state index contributed by atoms with van der Waals surface area (Å²) < 4.78 is 0.270. The van der Waals surface area contributed by atoms with E-state index in [-0.39, 0.29) is 4.49 Å². The van der Waals surface area contributed by atoms with Gasteiger partial charge in [-0.3, -0.25) is 0 Å². The van der Waals surface area contributed by atoms with Crippen molar-refractivity contribution in [3.63, 3.8) is 0 Å². The Bertz CT molecular complexity index is 674. The number of nitrogens with zero attached hydrogens (tertiary/aromatic N) is 1. The summed E-state index contributed by atoms with van der Waals surface area (Å²) in [6.07, 6.45) is 0.602. The van der Waals surface area contributed by atoms with Crippen LogP contribution in [0.4, 0.5) is 0 Å². The Morgan fingerprint density at radius 1 is 1.00 bits per heavy atom. The Hall–Kier alpha value is -1.77. The lowest BCUT2D eigenvalue weighted by molar-refractivity contribution is 0.319. The summed E-state index contributed by atoms with van der Waals surface area (Å²) >= 11 is 11.7. The molecule has 0 fully saturated rings. The molecular weight excluding hydrogens is 305 g/mol. The number of hydrogen-bond donors (Lipinski definition) is 1. The van der Waals surface area contributed by atoms with E-state index in [1.165, 1.54) is 0 Å². The van der Waals surface area contributed by atoms with Crippen LogP contribution in [0.25, 0.3) is 0 Å². The Balaban J connectivity index is 2.47. The van der Waals surface area contributed by atoms with Crippen LogP contribution in [0.2, 0.25) is 0 Å². The summed E-state index contributed by atoms with van der Waals surface area (Å²) in [4.78, 5) is 0. The minimum atomic E-state index is 0.270. The molecule has 0 saturated heterocycles. The highest BCUT2D eigenvalue weighted by atomic mass is 35.5. The second kappa shape index (κ2) is 7.30. The Morgan fingerprint density at radius 3 is 2.24 bits per heavy atom. The number of allylic oxidation sites excluding steroid dienone is 1. The maximum atomic E-state index is 9.42. The highest BCUT2D eigenvalue weighted by Gasteiger charge is 2.12. The fraction of sp³-hybridized carbons (Fsp3) is 0.118. The van der Waals surface area contributed by atoms with Crippen molar-refractivity contribution in [2.45, 2.75) is 13.3 Å². The summed E-state index contributed by atoms with van der Waals surface area (Å²) in [7, 11) is 0. The van der Waals surface area contributed by atoms with Gasteiger partial charge in [0.15, 0.2) is 0 Å². The fourth-order valence-corrected chi connectivity index (χ4v) is 2.25. The zero-order valence-electron chi connectivity index (χ0n) is 11.6. The van der Waals surface area contributed by atoms with Gasteiger partial charge in [-0.2, -0.15) is 0 Å². The molecule has 0 spiro atoms. The van der Waals surface area contributed by atoms with Crippen LogP contribution in [-0.4, -0.2) is 10.9 Å². The topological polar surface area (TPSA) is 32.6 Å². The smallest absolute Gasteiger partial charge is 0.117 e. The number of oxime groups is 1. The van der Waals surface area contributed by atoms with Gasteiger partial charge in [-0.15, -0.1) is 0 Å². The van der Waals surface area contributed by atoms with E-state index in [0.717, 1.165) is 22.3 Å². The molecule has 0 radical (unpaired) electrons. The van der Waals surface area contributed by atoms with E-state index >= 15 is 0 Å². The average molecular weight is 320 g/mol. The molecule has 2 aromatic carbocycles. The molecule has 0 aliphatic carbocycles. The largest absolute Gasteiger partial charge is 0.410 e. The van der Waals surface area contributed by atoms with Crippen LogP contribution in [0.15, 0.2) is 69.8 Å². The molecule has 2 rings (SSSR count). The molecule has 0 atom stereocenters. The van der Waals surface area contributed by atoms with E-state index in [0.29, 0.717) is 12.1 Å². The van der Waals surface area contributed by atoms with Gasteiger partial charge in [0.1, 0.15) is 10.2 Å². The predicted molar refractivity (Wildman–Crippen MR) is 88.4 cm³/mol. The van der Waals surface area contributed by atoms with Gasteiger partial charge in [0.2, 0.25) is 0 Å². The predicted octanol–water partition coefficient (Wildman–Crippen LogP) is 5.16. The number of halogens is 2. The van der Waals surface area contributed by atoms with Crippen molar-refractivity contribution < 1.29 is 5.21 Å². The first-order valence-electron chi connectivity index (χ1n) is 6.50. The van der Waals surface area contributed by atoms with Gasteiger partial charge < -0.3 is 5.21 Å². The number of hydrogen-bond acceptors (Lipinski definition) is 2. The Labute approximate surface area is 134 Å². The van der Waals surface area contributed by atoms with Crippen molar-refractivity contribution in [2.24, 2.45) is 5.16 Å². The molecule has 108 valence electrons. The molecule has 0 unspecified atom stereocenters. The molecule has 0 amide bonds. The molecule has 0 aliphatic heterocycles. The van der Waals surface area contributed by atoms with Gasteiger partial charge in [-0.25, -0.2) is 0 Å². The van der Waals surface area contributed by atoms with Crippen molar-refractivity contribution in [3.8, 4) is 0 Å². The van der Waals surface area contributed by atoms with Gasteiger partial charge in [-0.05, 0) is 24.5 Å². The van der Waals surface area contributed by atoms with Crippen LogP contribution in [-0.2, 0) is 6.42 Å². The molecule has 0 aliphatic rings. The van der Waals surface area contributed by atoms with Crippen molar-refractivity contribution in [2.75, 3.05) is 0 Å². The minimum Gasteiger partial charge on any atom is -0.410 e. The SMILES string of the molecule is CC(Cc1ccccc1/C(=N\O)c1ccccc1)=C(Cl)Cl. The molecule has 0 aromatic heterocycles. The maximum Gasteiger partial charge on any atom is 0.117 e. The number of benzene rings is 2. The van der Waals surface area contributed by atoms with Crippen LogP contribution in [0.5, 0.6) is 0 Å². The van der Waals surface area contributed by atoms with E-state index in [2.05, 4.69) is 5.16 Å². The summed E-state index contributed by atoms with van der Waals surface area (Å²) in [6, 6.07) is 17.3. The molecule has 4 heteroatoms. The number of rotatable bonds is 4. The molecule has 1 N–H and O–H groups in total. The van der Waals surface area contributed by atoms with Crippen molar-refractivity contribution in [3.05, 3.63) is 81.4 Å². The quantitative estimate of drug-likeness (QED) is 0.471. The third kappa shape index (κ3) is 3.87. The van der Waals surface area contributed by atoms with Crippen LogP contribution >= 0.6 is 23.2 Å². The lowest BCUT2D eigenvalue weighted by Crippen LogP contribution is -2.07. The van der Waals surface area contributed by atoms with E-state index in [1.54, 1.807) is 0 Å². The minimum absolute atomic E-state index is 0.270. The summed E-state index contributed by atoms with van der Waals surface area (Å²) in [6.45, 7) is 1.88. The van der Waals surface area contributed by atoms with Crippen LogP contribution < -0.4 is 0 Å². The monoisotopic (exact) mass is 319 g/mol. The molecule has 0 saturated carbocycles. The third-order valence-corrected chi connectivity index (χ3v) is 3.84. The van der Waals surface area contributed by atoms with E-state index in [1.807, 2.05) is 61.5 Å². The molecule has 0 heterocycles. The zero-order chi connectivity index (χ0) is 15.2. The normalized spacial score (nSPS) is 11.3. The van der Waals surface area contributed by atoms with Gasteiger partial charge in [0.05, 0.1) is 0 Å². The molecule has 2 nitrogen and oxygen atoms in total. The lowest BCUT2D eigenvalue weighted by Gasteiger charge is -2.11. The highest BCUT2D eigenvalue weighted by Crippen LogP contribution is 2.22. The van der Waals surface area contributed by atoms with E-state index in [4.69, 9.17) is 23.2 Å². The summed E-state index contributed by atoms with van der Waals surface area (Å²) in [5.41, 5.74) is 4.12. The fourth-order valence-electron chi connectivity index (χ4n) is 2.12. The van der Waals surface area contributed by atoms with Gasteiger partial charge in [0.25, 0.3) is 0 Å². The molecule has 2 aromatic rings. The first kappa shape index (κ1) is 15.6. The maximum absolute atomic E-state index is 9.42. The van der Waals surface area contributed by atoms with Crippen molar-refractivity contribution in [1.82, 2.24) is 0 Å². The van der Waals surface area contributed by atoms with Gasteiger partial charge >= 0.3 is 0 Å².